The molecule has 0 aliphatic heterocycles. The molecule has 0 spiro atoms. The molecule has 0 aliphatic rings. The number of nitro groups is 1. The summed E-state index contributed by atoms with van der Waals surface area (Å²) in [5, 5.41) is 26.6. The molecule has 2 aromatic carbocycles. The highest BCUT2D eigenvalue weighted by atomic mass is 19.4. The number of halogens is 3. The van der Waals surface area contributed by atoms with Crippen LogP contribution in [0.5, 0.6) is 0 Å². The molecular formula is C15H10F3N7O3. The molecule has 28 heavy (non-hydrogen) atoms. The molecule has 0 aliphatic carbocycles. The maximum absolute atomic E-state index is 13.5. The largest absolute Gasteiger partial charge is 0.417 e. The van der Waals surface area contributed by atoms with Crippen LogP contribution in [0.3, 0.4) is 0 Å². The van der Waals surface area contributed by atoms with Crippen LogP contribution in [0.2, 0.25) is 0 Å². The van der Waals surface area contributed by atoms with E-state index in [-0.39, 0.29) is 17.1 Å². The number of nitrogens with one attached hydrogen (secondary N) is 2. The van der Waals surface area contributed by atoms with Crippen LogP contribution in [0.1, 0.15) is 5.56 Å². The van der Waals surface area contributed by atoms with E-state index in [0.29, 0.717) is 0 Å². The van der Waals surface area contributed by atoms with E-state index < -0.39 is 39.5 Å². The van der Waals surface area contributed by atoms with E-state index in [9.17, 15) is 28.1 Å². The molecule has 144 valence electrons. The van der Waals surface area contributed by atoms with Crippen molar-refractivity contribution in [2.45, 2.75) is 6.18 Å². The van der Waals surface area contributed by atoms with Crippen molar-refractivity contribution in [1.82, 2.24) is 20.6 Å². The SMILES string of the molecule is NC(=O)Nc1ccc([N+](=O)[O-])c(-c2ccccc2C(F)(F)F)c1-c1nn[nH]n1. The smallest absolute Gasteiger partial charge is 0.351 e. The second-order valence-corrected chi connectivity index (χ2v) is 5.41. The highest BCUT2D eigenvalue weighted by molar-refractivity contribution is 6.00. The van der Waals surface area contributed by atoms with E-state index in [4.69, 9.17) is 5.73 Å². The Kier molecular flexibility index (Phi) is 4.65. The zero-order valence-corrected chi connectivity index (χ0v) is 13.7. The first kappa shape index (κ1) is 18.8. The number of anilines is 1. The average Bonchev–Trinajstić information content (AvgIpc) is 3.14. The van der Waals surface area contributed by atoms with Gasteiger partial charge in [0.05, 0.1) is 27.3 Å². The van der Waals surface area contributed by atoms with Crippen LogP contribution in [0, 0.1) is 10.1 Å². The van der Waals surface area contributed by atoms with Crippen molar-refractivity contribution in [2.24, 2.45) is 5.73 Å². The summed E-state index contributed by atoms with van der Waals surface area (Å²) >= 11 is 0. The minimum absolute atomic E-state index is 0.119. The van der Waals surface area contributed by atoms with E-state index in [1.54, 1.807) is 0 Å². The number of hydrogen-bond donors (Lipinski definition) is 3. The van der Waals surface area contributed by atoms with Crippen LogP contribution >= 0.6 is 0 Å². The lowest BCUT2D eigenvalue weighted by Gasteiger charge is -2.17. The molecule has 0 saturated carbocycles. The Balaban J connectivity index is 2.46. The van der Waals surface area contributed by atoms with Crippen molar-refractivity contribution < 1.29 is 22.9 Å². The van der Waals surface area contributed by atoms with Gasteiger partial charge in [0.15, 0.2) is 0 Å². The number of tetrazole rings is 1. The number of hydrogen-bond acceptors (Lipinski definition) is 6. The zero-order chi connectivity index (χ0) is 20.5. The number of H-pyrrole nitrogens is 1. The quantitative estimate of drug-likeness (QED) is 0.458. The predicted octanol–water partition coefficient (Wildman–Crippen LogP) is 2.95. The van der Waals surface area contributed by atoms with Crippen LogP contribution in [-0.2, 0) is 6.18 Å². The molecule has 0 atom stereocenters. The molecule has 1 heterocycles. The minimum Gasteiger partial charge on any atom is -0.351 e. The number of carbonyl (C=O) groups excluding carboxylic acids is 1. The maximum atomic E-state index is 13.5. The molecule has 10 nitrogen and oxygen atoms in total. The number of alkyl halides is 3. The Hall–Kier alpha value is -4.03. The maximum Gasteiger partial charge on any atom is 0.417 e. The van der Waals surface area contributed by atoms with Crippen molar-refractivity contribution in [1.29, 1.82) is 0 Å². The topological polar surface area (TPSA) is 153 Å². The number of nitrogens with two attached hydrogens (primary N) is 1. The first-order chi connectivity index (χ1) is 13.2. The summed E-state index contributed by atoms with van der Waals surface area (Å²) in [4.78, 5) is 22.0. The lowest BCUT2D eigenvalue weighted by atomic mass is 9.92. The second-order valence-electron chi connectivity index (χ2n) is 5.41. The van der Waals surface area contributed by atoms with Crippen molar-refractivity contribution in [3.8, 4) is 22.5 Å². The predicted molar refractivity (Wildman–Crippen MR) is 89.9 cm³/mol. The van der Waals surface area contributed by atoms with Crippen LogP contribution in [0.25, 0.3) is 22.5 Å². The monoisotopic (exact) mass is 393 g/mol. The summed E-state index contributed by atoms with van der Waals surface area (Å²) in [7, 11) is 0. The third-order valence-corrected chi connectivity index (χ3v) is 3.71. The summed E-state index contributed by atoms with van der Waals surface area (Å²) in [6.45, 7) is 0. The third kappa shape index (κ3) is 3.44. The third-order valence-electron chi connectivity index (χ3n) is 3.71. The zero-order valence-electron chi connectivity index (χ0n) is 13.7. The first-order valence-electron chi connectivity index (χ1n) is 7.48. The molecule has 4 N–H and O–H groups in total. The summed E-state index contributed by atoms with van der Waals surface area (Å²) < 4.78 is 40.6. The molecule has 3 rings (SSSR count). The number of nitrogens with zero attached hydrogens (tertiary/aromatic N) is 4. The molecule has 0 saturated heterocycles. The number of benzene rings is 2. The van der Waals surface area contributed by atoms with E-state index >= 15 is 0 Å². The molecule has 13 heteroatoms. The Morgan fingerprint density at radius 2 is 1.89 bits per heavy atom. The lowest BCUT2D eigenvalue weighted by molar-refractivity contribution is -0.384. The minimum atomic E-state index is -4.80. The number of aromatic nitrogens is 4. The van der Waals surface area contributed by atoms with Crippen molar-refractivity contribution in [3.63, 3.8) is 0 Å². The Labute approximate surface area is 153 Å². The fourth-order valence-corrected chi connectivity index (χ4v) is 2.70. The fraction of sp³-hybridized carbons (Fsp3) is 0.0667. The molecule has 1 aromatic heterocycles. The van der Waals surface area contributed by atoms with Gasteiger partial charge in [0.1, 0.15) is 0 Å². The molecule has 0 radical (unpaired) electrons. The van der Waals surface area contributed by atoms with Gasteiger partial charge < -0.3 is 11.1 Å². The van der Waals surface area contributed by atoms with Gasteiger partial charge in [-0.2, -0.15) is 18.4 Å². The number of amides is 2. The number of urea groups is 1. The fourth-order valence-electron chi connectivity index (χ4n) is 2.70. The molecule has 2 amide bonds. The summed E-state index contributed by atoms with van der Waals surface area (Å²) in [5.41, 5.74) is 2.06. The number of primary amides is 1. The van der Waals surface area contributed by atoms with E-state index in [1.165, 1.54) is 6.07 Å². The average molecular weight is 393 g/mol. The first-order valence-corrected chi connectivity index (χ1v) is 7.48. The van der Waals surface area contributed by atoms with Gasteiger partial charge in [-0.15, -0.1) is 10.2 Å². The van der Waals surface area contributed by atoms with E-state index in [0.717, 1.165) is 30.3 Å². The Morgan fingerprint density at radius 3 is 2.46 bits per heavy atom. The summed E-state index contributed by atoms with van der Waals surface area (Å²) in [6, 6.07) is 5.34. The van der Waals surface area contributed by atoms with Crippen molar-refractivity contribution in [2.75, 3.05) is 5.32 Å². The Bertz CT molecular complexity index is 1050. The van der Waals surface area contributed by atoms with Crippen LogP contribution in [-0.4, -0.2) is 31.6 Å². The molecule has 0 bridgehead atoms. The lowest BCUT2D eigenvalue weighted by Crippen LogP contribution is -2.20. The molecule has 3 aromatic rings. The van der Waals surface area contributed by atoms with Gasteiger partial charge in [-0.1, -0.05) is 18.2 Å². The van der Waals surface area contributed by atoms with Crippen molar-refractivity contribution in [3.05, 3.63) is 52.1 Å². The van der Waals surface area contributed by atoms with Crippen LogP contribution in [0.4, 0.5) is 29.3 Å². The van der Waals surface area contributed by atoms with Crippen LogP contribution in [0.15, 0.2) is 36.4 Å². The van der Waals surface area contributed by atoms with Gasteiger partial charge >= 0.3 is 12.2 Å². The van der Waals surface area contributed by atoms with Gasteiger partial charge in [-0.05, 0) is 17.3 Å². The normalized spacial score (nSPS) is 11.2. The highest BCUT2D eigenvalue weighted by Gasteiger charge is 2.37. The second kappa shape index (κ2) is 6.94. The van der Waals surface area contributed by atoms with E-state index in [2.05, 4.69) is 25.9 Å². The van der Waals surface area contributed by atoms with Gasteiger partial charge in [-0.25, -0.2) is 4.79 Å². The summed E-state index contributed by atoms with van der Waals surface area (Å²) in [5.74, 6) is -0.264. The highest BCUT2D eigenvalue weighted by Crippen LogP contribution is 2.46. The molecule has 0 fully saturated rings. The Morgan fingerprint density at radius 1 is 1.18 bits per heavy atom. The van der Waals surface area contributed by atoms with Gasteiger partial charge in [0, 0.05) is 11.6 Å². The van der Waals surface area contributed by atoms with Gasteiger partial charge in [0.25, 0.3) is 5.69 Å². The molecule has 0 unspecified atom stereocenters. The number of rotatable bonds is 4. The summed E-state index contributed by atoms with van der Waals surface area (Å²) in [6.07, 6.45) is -4.80. The van der Waals surface area contributed by atoms with Crippen LogP contribution < -0.4 is 11.1 Å². The van der Waals surface area contributed by atoms with Gasteiger partial charge in [-0.3, -0.25) is 10.1 Å². The number of aromatic amines is 1. The van der Waals surface area contributed by atoms with Crippen molar-refractivity contribution >= 4 is 17.4 Å². The molecular weight excluding hydrogens is 383 g/mol. The number of carbonyl (C=O) groups is 1. The number of nitro benzene ring substituents is 1. The van der Waals surface area contributed by atoms with E-state index in [1.807, 2.05) is 0 Å². The van der Waals surface area contributed by atoms with Gasteiger partial charge in [0.2, 0.25) is 5.82 Å². The standard InChI is InChI=1S/C15H10F3N7O3/c16-15(17,18)8-4-2-1-3-7(8)11-10(25(27)28)6-5-9(20-14(19)26)12(11)13-21-23-24-22-13/h1-6H,(H3,19,20,26)(H,21,22,23,24).